The van der Waals surface area contributed by atoms with Crippen molar-refractivity contribution in [2.75, 3.05) is 5.32 Å². The molecule has 2 atom stereocenters. The Labute approximate surface area is 227 Å². The number of imide groups is 4. The predicted octanol–water partition coefficient (Wildman–Crippen LogP) is 5.00. The van der Waals surface area contributed by atoms with E-state index >= 15 is 0 Å². The third kappa shape index (κ3) is 3.62. The normalized spacial score (nSPS) is 22.0. The molecule has 2 aliphatic rings. The molecule has 0 aromatic heterocycles. The highest BCUT2D eigenvalue weighted by Crippen LogP contribution is 2.50. The Morgan fingerprint density at radius 1 is 0.921 bits per heavy atom. The van der Waals surface area contributed by atoms with Gasteiger partial charge in [-0.05, 0) is 23.8 Å². The molecule has 0 bridgehead atoms. The van der Waals surface area contributed by atoms with E-state index in [0.717, 1.165) is 6.92 Å². The van der Waals surface area contributed by atoms with E-state index in [1.807, 2.05) is 0 Å². The highest BCUT2D eigenvalue weighted by molar-refractivity contribution is 6.42. The Bertz CT molecular complexity index is 1530. The van der Waals surface area contributed by atoms with E-state index in [-0.39, 0.29) is 27.9 Å². The highest BCUT2D eigenvalue weighted by Gasteiger charge is 2.79. The zero-order chi connectivity index (χ0) is 27.2. The second kappa shape index (κ2) is 9.36. The molecule has 2 aliphatic heterocycles. The minimum absolute atomic E-state index is 0.0652. The number of ether oxygens (including phenoxy) is 1. The molecule has 2 unspecified atom stereocenters. The van der Waals surface area contributed by atoms with Crippen molar-refractivity contribution in [2.24, 2.45) is 0 Å². The number of carbonyl (C=O) groups is 5. The molecule has 3 aromatic rings. The fourth-order valence-corrected chi connectivity index (χ4v) is 5.21. The number of nitrogens with one attached hydrogen (secondary N) is 1. The summed E-state index contributed by atoms with van der Waals surface area (Å²) in [5.74, 6) is -2.93. The minimum atomic E-state index is -2.46. The number of fused-ring (bicyclic) bond motifs is 2. The maximum Gasteiger partial charge on any atom is 0.445 e. The van der Waals surface area contributed by atoms with Gasteiger partial charge in [-0.1, -0.05) is 77.8 Å². The van der Waals surface area contributed by atoms with Gasteiger partial charge in [-0.15, -0.1) is 4.48 Å². The second-order valence-corrected chi connectivity index (χ2v) is 9.72. The maximum absolute atomic E-state index is 14.4. The maximum atomic E-state index is 14.4. The molecule has 2 heterocycles. The number of urea groups is 1. The summed E-state index contributed by atoms with van der Waals surface area (Å²) < 4.78 is 3.94. The summed E-state index contributed by atoms with van der Waals surface area (Å²) in [4.78, 5) is 69.3. The molecule has 11 heteroatoms. The van der Waals surface area contributed by atoms with E-state index in [0.29, 0.717) is 16.0 Å². The molecule has 9 nitrogen and oxygen atoms in total. The van der Waals surface area contributed by atoms with Crippen LogP contribution in [0.2, 0.25) is 10.0 Å². The lowest BCUT2D eigenvalue weighted by Gasteiger charge is -2.25. The third-order valence-electron chi connectivity index (χ3n) is 6.73. The minimum Gasteiger partial charge on any atom is -0.444 e. The quantitative estimate of drug-likeness (QED) is 0.277. The topological polar surface area (TPSA) is 110 Å². The van der Waals surface area contributed by atoms with Gasteiger partial charge >= 0.3 is 23.9 Å². The number of carbonyl (C=O) groups excluding carboxylic acids is 5. The van der Waals surface area contributed by atoms with Gasteiger partial charge in [0.2, 0.25) is 0 Å². The van der Waals surface area contributed by atoms with Crippen molar-refractivity contribution >= 4 is 58.7 Å². The lowest BCUT2D eigenvalue weighted by Crippen LogP contribution is -2.58. The van der Waals surface area contributed by atoms with Crippen LogP contribution in [0.25, 0.3) is 0 Å². The van der Waals surface area contributed by atoms with E-state index in [1.165, 1.54) is 30.3 Å². The number of rotatable bonds is 4. The Hall–Kier alpha value is -4.05. The van der Waals surface area contributed by atoms with Gasteiger partial charge in [-0.25, -0.2) is 19.2 Å². The van der Waals surface area contributed by atoms with E-state index in [4.69, 9.17) is 27.9 Å². The largest absolute Gasteiger partial charge is 0.445 e. The number of hydrogen-bond acceptors (Lipinski definition) is 6. The van der Waals surface area contributed by atoms with Gasteiger partial charge < -0.3 is 10.1 Å². The van der Waals surface area contributed by atoms with Crippen molar-refractivity contribution in [1.82, 2.24) is 4.90 Å². The molecule has 5 rings (SSSR count). The fraction of sp³-hybridized carbons (Fsp3) is 0.148. The highest BCUT2D eigenvalue weighted by atomic mass is 35.5. The molecular weight excluding hydrogens is 533 g/mol. The van der Waals surface area contributed by atoms with Crippen LogP contribution in [0.1, 0.15) is 23.6 Å². The third-order valence-corrected chi connectivity index (χ3v) is 7.47. The molecule has 1 fully saturated rings. The number of halogens is 2. The standard InChI is InChI=1S/C27H19Cl2N3O6/c1-16(33)32(14-18-11-12-20(28)21(29)13-18)24(35)27(19-9-5-6-10-22(19)30-23(27)34)31(25(32)36)26(37)38-15-17-7-3-2-4-8-17/h2-13H,14-15H2,1H3/p+1. The van der Waals surface area contributed by atoms with E-state index < -0.39 is 46.4 Å². The fourth-order valence-electron chi connectivity index (χ4n) is 4.89. The van der Waals surface area contributed by atoms with Gasteiger partial charge in [0.15, 0.2) is 0 Å². The summed E-state index contributed by atoms with van der Waals surface area (Å²) in [6.07, 6.45) is -1.24. The first-order valence-corrected chi connectivity index (χ1v) is 12.2. The van der Waals surface area contributed by atoms with Crippen LogP contribution in [0.4, 0.5) is 15.3 Å². The van der Waals surface area contributed by atoms with Gasteiger partial charge in [0, 0.05) is 16.8 Å². The van der Waals surface area contributed by atoms with Crippen LogP contribution in [-0.4, -0.2) is 39.2 Å². The monoisotopic (exact) mass is 552 g/mol. The summed E-state index contributed by atoms with van der Waals surface area (Å²) in [5, 5.41) is 2.95. The molecular formula is C27H20Cl2N3O6+. The van der Waals surface area contributed by atoms with Crippen molar-refractivity contribution in [2.45, 2.75) is 25.6 Å². The number of benzene rings is 3. The SMILES string of the molecule is CC(=O)[N+]1(Cc2ccc(Cl)c(Cl)c2)C(=O)N(C(=O)OCc2ccccc2)C2(C(=O)Nc3ccccc32)C1=O. The number of nitrogens with zero attached hydrogens (tertiary/aromatic N) is 2. The molecule has 1 N–H and O–H groups in total. The second-order valence-electron chi connectivity index (χ2n) is 8.91. The number of para-hydroxylation sites is 1. The van der Waals surface area contributed by atoms with Crippen molar-refractivity contribution in [1.29, 1.82) is 0 Å². The van der Waals surface area contributed by atoms with Crippen molar-refractivity contribution in [3.8, 4) is 0 Å². The van der Waals surface area contributed by atoms with E-state index in [1.54, 1.807) is 42.5 Å². The van der Waals surface area contributed by atoms with E-state index in [9.17, 15) is 24.0 Å². The Balaban J connectivity index is 1.67. The Morgan fingerprint density at radius 3 is 2.29 bits per heavy atom. The van der Waals surface area contributed by atoms with Crippen LogP contribution in [0.15, 0.2) is 72.8 Å². The zero-order valence-electron chi connectivity index (χ0n) is 19.9. The van der Waals surface area contributed by atoms with Crippen LogP contribution >= 0.6 is 23.2 Å². The van der Waals surface area contributed by atoms with Gasteiger partial charge in [0.05, 0.1) is 17.0 Å². The average molecular weight is 553 g/mol. The summed E-state index contributed by atoms with van der Waals surface area (Å²) in [5.41, 5.74) is -1.22. The average Bonchev–Trinajstić information content (AvgIpc) is 3.30. The van der Waals surface area contributed by atoms with Crippen LogP contribution in [0.5, 0.6) is 0 Å². The van der Waals surface area contributed by atoms with E-state index in [2.05, 4.69) is 5.32 Å². The number of hydrogen-bond donors (Lipinski definition) is 1. The van der Waals surface area contributed by atoms with Crippen LogP contribution in [0, 0.1) is 0 Å². The molecule has 0 radical (unpaired) electrons. The lowest BCUT2D eigenvalue weighted by atomic mass is 9.89. The Kier molecular flexibility index (Phi) is 6.30. The first kappa shape index (κ1) is 25.6. The molecule has 0 aliphatic carbocycles. The van der Waals surface area contributed by atoms with Crippen LogP contribution < -0.4 is 5.32 Å². The molecule has 3 aromatic carbocycles. The first-order valence-electron chi connectivity index (χ1n) is 11.5. The summed E-state index contributed by atoms with van der Waals surface area (Å²) in [6.45, 7) is 0.325. The molecule has 192 valence electrons. The van der Waals surface area contributed by atoms with Crippen LogP contribution in [-0.2, 0) is 37.8 Å². The molecule has 6 amide bonds. The summed E-state index contributed by atoms with van der Waals surface area (Å²) in [7, 11) is 0. The molecule has 1 spiro atoms. The number of amides is 6. The van der Waals surface area contributed by atoms with Crippen LogP contribution in [0.3, 0.4) is 0 Å². The van der Waals surface area contributed by atoms with Gasteiger partial charge in [0.25, 0.3) is 11.4 Å². The van der Waals surface area contributed by atoms with Gasteiger partial charge in [-0.2, -0.15) is 4.90 Å². The summed E-state index contributed by atoms with van der Waals surface area (Å²) >= 11 is 12.2. The first-order chi connectivity index (χ1) is 18.1. The zero-order valence-corrected chi connectivity index (χ0v) is 21.5. The van der Waals surface area contributed by atoms with Gasteiger partial charge in [0.1, 0.15) is 13.2 Å². The molecule has 38 heavy (non-hydrogen) atoms. The number of quaternary nitrogens is 1. The summed E-state index contributed by atoms with van der Waals surface area (Å²) in [6, 6.07) is 18.0. The predicted molar refractivity (Wildman–Crippen MR) is 137 cm³/mol. The smallest absolute Gasteiger partial charge is 0.444 e. The van der Waals surface area contributed by atoms with Gasteiger partial charge in [-0.3, -0.25) is 4.79 Å². The molecule has 0 saturated carbocycles. The molecule has 1 saturated heterocycles. The van der Waals surface area contributed by atoms with Crippen molar-refractivity contribution in [3.63, 3.8) is 0 Å². The lowest BCUT2D eigenvalue weighted by molar-refractivity contribution is -0.705. The van der Waals surface area contributed by atoms with Crippen molar-refractivity contribution < 1.29 is 33.2 Å². The van der Waals surface area contributed by atoms with Crippen molar-refractivity contribution in [3.05, 3.63) is 99.5 Å². The number of anilines is 1. The Morgan fingerprint density at radius 2 is 1.61 bits per heavy atom.